The second-order valence-corrected chi connectivity index (χ2v) is 12.0. The van der Waals surface area contributed by atoms with Gasteiger partial charge >= 0.3 is 0 Å². The van der Waals surface area contributed by atoms with E-state index in [0.717, 1.165) is 51.4 Å². The van der Waals surface area contributed by atoms with Crippen molar-refractivity contribution in [1.82, 2.24) is 14.7 Å². The van der Waals surface area contributed by atoms with Crippen molar-refractivity contribution in [2.24, 2.45) is 5.18 Å². The van der Waals surface area contributed by atoms with Gasteiger partial charge in [0.2, 0.25) is 5.91 Å². The van der Waals surface area contributed by atoms with Crippen LogP contribution >= 0.6 is 0 Å². The number of carbonyl (C=O) groups excluding carboxylic acids is 2. The molecule has 0 N–H and O–H groups in total. The number of aldehydes is 1. The van der Waals surface area contributed by atoms with E-state index in [4.69, 9.17) is 0 Å². The van der Waals surface area contributed by atoms with Crippen molar-refractivity contribution >= 4 is 17.9 Å². The minimum atomic E-state index is 0.0592. The zero-order valence-corrected chi connectivity index (χ0v) is 26.3. The lowest BCUT2D eigenvalue weighted by Crippen LogP contribution is -2.35. The number of benzene rings is 1. The maximum absolute atomic E-state index is 11.7. The predicted molar refractivity (Wildman–Crippen MR) is 167 cm³/mol. The fraction of sp³-hybridized carbons (Fsp3) is 0.758. The summed E-state index contributed by atoms with van der Waals surface area (Å²) in [4.78, 5) is 40.9. The van der Waals surface area contributed by atoms with Crippen molar-refractivity contribution in [2.75, 3.05) is 46.8 Å². The smallest absolute Gasteiger partial charge is 0.219 e. The zero-order valence-electron chi connectivity index (χ0n) is 26.3. The van der Waals surface area contributed by atoms with Crippen LogP contribution in [0.2, 0.25) is 0 Å². The van der Waals surface area contributed by atoms with E-state index < -0.39 is 0 Å². The number of likely N-dealkylation sites (tertiary alicyclic amines) is 1. The average molecular weight is 557 g/mol. The van der Waals surface area contributed by atoms with E-state index in [9.17, 15) is 14.5 Å². The van der Waals surface area contributed by atoms with Crippen molar-refractivity contribution < 1.29 is 9.59 Å². The number of amides is 1. The van der Waals surface area contributed by atoms with Crippen molar-refractivity contribution in [3.8, 4) is 0 Å². The first-order chi connectivity index (χ1) is 19.3. The first-order valence-electron chi connectivity index (χ1n) is 15.9. The van der Waals surface area contributed by atoms with Crippen LogP contribution in [-0.4, -0.2) is 79.8 Å². The van der Waals surface area contributed by atoms with Crippen LogP contribution in [0.1, 0.15) is 120 Å². The summed E-state index contributed by atoms with van der Waals surface area (Å²) >= 11 is 0. The Labute approximate surface area is 244 Å². The maximum Gasteiger partial charge on any atom is 0.219 e. The third-order valence-corrected chi connectivity index (χ3v) is 8.83. The van der Waals surface area contributed by atoms with Gasteiger partial charge in [0.1, 0.15) is 12.0 Å². The zero-order chi connectivity index (χ0) is 29.5. The molecule has 1 saturated heterocycles. The molecule has 1 heterocycles. The molecule has 0 aromatic heterocycles. The van der Waals surface area contributed by atoms with Gasteiger partial charge in [-0.2, -0.15) is 0 Å². The molecule has 7 heteroatoms. The van der Waals surface area contributed by atoms with Crippen molar-refractivity contribution in [3.05, 3.63) is 33.7 Å². The van der Waals surface area contributed by atoms with Crippen molar-refractivity contribution in [3.63, 3.8) is 0 Å². The molecule has 1 aromatic carbocycles. The third-order valence-electron chi connectivity index (χ3n) is 8.83. The quantitative estimate of drug-likeness (QED) is 0.161. The van der Waals surface area contributed by atoms with Crippen LogP contribution < -0.4 is 0 Å². The number of nitroso groups, excluding NO2 is 1. The number of aryl methyl sites for hydroxylation is 1. The molecule has 1 aliphatic heterocycles. The molecule has 3 rings (SSSR count). The Balaban J connectivity index is 0.000000478. The number of rotatable bonds is 16. The summed E-state index contributed by atoms with van der Waals surface area (Å²) in [5, 5.41) is 3.44. The van der Waals surface area contributed by atoms with Gasteiger partial charge in [-0.3, -0.25) is 9.69 Å². The van der Waals surface area contributed by atoms with E-state index in [2.05, 4.69) is 48.9 Å². The molecule has 2 fully saturated rings. The maximum atomic E-state index is 11.7. The van der Waals surface area contributed by atoms with E-state index in [1.165, 1.54) is 61.9 Å². The molecule has 2 unspecified atom stereocenters. The molecule has 1 aromatic rings. The van der Waals surface area contributed by atoms with E-state index >= 15 is 0 Å². The summed E-state index contributed by atoms with van der Waals surface area (Å²) in [6, 6.07) is 4.57. The summed E-state index contributed by atoms with van der Waals surface area (Å²) in [6.45, 7) is 12.7. The van der Waals surface area contributed by atoms with Gasteiger partial charge in [0.15, 0.2) is 0 Å². The standard InChI is InChI=1S/C24H35N3O3.C9H21N/c1-4-6-19-13-20(15-23(25-30)24(19)18-7-5-8-18)21-14-22(27(16-21)11-12-28)9-10-26(3)17(2)29;1-4-6-8-10(3)9-7-5-2/h12-13,15,18,21-22H,4-11,14,16H2,1-3H3;4-9H2,1-3H3. The summed E-state index contributed by atoms with van der Waals surface area (Å²) in [7, 11) is 4.03. The highest BCUT2D eigenvalue weighted by molar-refractivity contribution is 5.72. The molecule has 0 bridgehead atoms. The predicted octanol–water partition coefficient (Wildman–Crippen LogP) is 7.05. The Hall–Kier alpha value is -2.12. The topological polar surface area (TPSA) is 73.3 Å². The number of nitrogens with zero attached hydrogens (tertiary/aromatic N) is 4. The molecule has 2 aliphatic rings. The van der Waals surface area contributed by atoms with Gasteiger partial charge in [-0.25, -0.2) is 0 Å². The van der Waals surface area contributed by atoms with Crippen LogP contribution in [0.5, 0.6) is 0 Å². The molecule has 0 radical (unpaired) electrons. The molecule has 226 valence electrons. The summed E-state index contributed by atoms with van der Waals surface area (Å²) < 4.78 is 0. The fourth-order valence-corrected chi connectivity index (χ4v) is 5.99. The van der Waals surface area contributed by atoms with E-state index in [0.29, 0.717) is 24.7 Å². The Morgan fingerprint density at radius 1 is 1.02 bits per heavy atom. The minimum absolute atomic E-state index is 0.0592. The fourth-order valence-electron chi connectivity index (χ4n) is 5.99. The molecule has 0 spiro atoms. The lowest BCUT2D eigenvalue weighted by molar-refractivity contribution is -0.127. The Morgan fingerprint density at radius 3 is 2.20 bits per heavy atom. The Kier molecular flexibility index (Phi) is 15.6. The van der Waals surface area contributed by atoms with Gasteiger partial charge in [0.05, 0.1) is 6.54 Å². The minimum Gasteiger partial charge on any atom is -0.346 e. The number of hydrogen-bond acceptors (Lipinski definition) is 6. The molecular formula is C33H56N4O3. The largest absolute Gasteiger partial charge is 0.346 e. The monoisotopic (exact) mass is 556 g/mol. The van der Waals surface area contributed by atoms with Crippen LogP contribution in [0, 0.1) is 4.91 Å². The first kappa shape index (κ1) is 34.1. The van der Waals surface area contributed by atoms with Gasteiger partial charge in [0.25, 0.3) is 0 Å². The van der Waals surface area contributed by atoms with Crippen LogP contribution in [0.4, 0.5) is 5.69 Å². The summed E-state index contributed by atoms with van der Waals surface area (Å²) in [6.07, 6.45) is 13.6. The van der Waals surface area contributed by atoms with Crippen LogP contribution in [0.3, 0.4) is 0 Å². The highest BCUT2D eigenvalue weighted by Gasteiger charge is 2.34. The van der Waals surface area contributed by atoms with E-state index in [1.807, 2.05) is 13.1 Å². The Bertz CT molecular complexity index is 909. The van der Waals surface area contributed by atoms with Gasteiger partial charge in [-0.05, 0) is 105 Å². The van der Waals surface area contributed by atoms with Crippen LogP contribution in [0.25, 0.3) is 0 Å². The molecule has 1 aliphatic carbocycles. The van der Waals surface area contributed by atoms with Crippen molar-refractivity contribution in [2.45, 2.75) is 116 Å². The third kappa shape index (κ3) is 10.4. The van der Waals surface area contributed by atoms with Crippen LogP contribution in [-0.2, 0) is 16.0 Å². The normalized spacial score (nSPS) is 19.2. The Morgan fingerprint density at radius 2 is 1.70 bits per heavy atom. The van der Waals surface area contributed by atoms with Gasteiger partial charge in [0, 0.05) is 33.1 Å². The SMILES string of the molecule is CCCCN(C)CCCC.CCCc1cc(C2CC(CCN(C)C(C)=O)N(CC=O)C2)cc(N=O)c1C1CCC1. The number of carbonyl (C=O) groups is 2. The van der Waals surface area contributed by atoms with Crippen LogP contribution in [0.15, 0.2) is 17.3 Å². The molecular weight excluding hydrogens is 500 g/mol. The lowest BCUT2D eigenvalue weighted by atomic mass is 9.75. The second kappa shape index (κ2) is 18.3. The average Bonchev–Trinajstić information content (AvgIpc) is 3.32. The molecule has 40 heavy (non-hydrogen) atoms. The lowest BCUT2D eigenvalue weighted by Gasteiger charge is -2.29. The summed E-state index contributed by atoms with van der Waals surface area (Å²) in [5.41, 5.74) is 4.28. The van der Waals surface area contributed by atoms with E-state index in [-0.39, 0.29) is 17.9 Å². The van der Waals surface area contributed by atoms with Gasteiger partial charge in [-0.1, -0.05) is 52.5 Å². The highest BCUT2D eigenvalue weighted by atomic mass is 16.3. The number of unbranched alkanes of at least 4 members (excludes halogenated alkanes) is 2. The number of hydrogen-bond donors (Lipinski definition) is 0. The van der Waals surface area contributed by atoms with Gasteiger partial charge in [-0.15, -0.1) is 4.91 Å². The molecule has 1 amide bonds. The summed E-state index contributed by atoms with van der Waals surface area (Å²) in [5.74, 6) is 0.825. The van der Waals surface area contributed by atoms with E-state index in [1.54, 1.807) is 11.8 Å². The van der Waals surface area contributed by atoms with Gasteiger partial charge < -0.3 is 14.6 Å². The molecule has 1 saturated carbocycles. The second-order valence-electron chi connectivity index (χ2n) is 12.0. The first-order valence-corrected chi connectivity index (χ1v) is 15.9. The molecule has 2 atom stereocenters. The highest BCUT2D eigenvalue weighted by Crippen LogP contribution is 2.45. The molecule has 7 nitrogen and oxygen atoms in total. The van der Waals surface area contributed by atoms with Crippen molar-refractivity contribution in [1.29, 1.82) is 0 Å².